The van der Waals surface area contributed by atoms with Crippen molar-refractivity contribution in [3.63, 3.8) is 0 Å². The summed E-state index contributed by atoms with van der Waals surface area (Å²) in [5, 5.41) is 11.8. The third kappa shape index (κ3) is 2.68. The fraction of sp³-hybridized carbons (Fsp3) is 0.105. The summed E-state index contributed by atoms with van der Waals surface area (Å²) >= 11 is 11.9. The van der Waals surface area contributed by atoms with Gasteiger partial charge in [0.15, 0.2) is 5.75 Å². The quantitative estimate of drug-likeness (QED) is 0.660. The molecule has 126 valence electrons. The van der Waals surface area contributed by atoms with Gasteiger partial charge in [-0.1, -0.05) is 53.5 Å². The van der Waals surface area contributed by atoms with E-state index in [0.717, 1.165) is 16.5 Å². The van der Waals surface area contributed by atoms with E-state index in [-0.39, 0.29) is 21.7 Å². The fourth-order valence-corrected chi connectivity index (χ4v) is 3.52. The number of benzene rings is 3. The average Bonchev–Trinajstić information content (AvgIpc) is 2.64. The van der Waals surface area contributed by atoms with Crippen molar-refractivity contribution in [3.8, 4) is 11.5 Å². The van der Waals surface area contributed by atoms with E-state index in [0.29, 0.717) is 24.5 Å². The maximum absolute atomic E-state index is 13.1. The zero-order valence-electron chi connectivity index (χ0n) is 13.0. The maximum atomic E-state index is 13.1. The lowest BCUT2D eigenvalue weighted by atomic mass is 10.0. The standard InChI is InChI=1S/C19H13Cl2NO3/c20-14-9-12(10-15(21)18(14)23)19(24)22-7-8-25-16-6-5-11-3-1-2-4-13(11)17(16)22/h1-6,9-10,23H,7-8H2. The van der Waals surface area contributed by atoms with Crippen molar-refractivity contribution in [1.29, 1.82) is 0 Å². The minimum absolute atomic E-state index is 0.0438. The molecule has 3 aromatic rings. The predicted octanol–water partition coefficient (Wildman–Crippen LogP) is 4.89. The molecule has 1 heterocycles. The first-order chi connectivity index (χ1) is 12.1. The maximum Gasteiger partial charge on any atom is 0.258 e. The van der Waals surface area contributed by atoms with E-state index in [1.807, 2.05) is 36.4 Å². The molecular formula is C19H13Cl2NO3. The number of rotatable bonds is 1. The number of fused-ring (bicyclic) bond motifs is 3. The Morgan fingerprint density at radius 3 is 2.56 bits per heavy atom. The van der Waals surface area contributed by atoms with Gasteiger partial charge in [0, 0.05) is 10.9 Å². The van der Waals surface area contributed by atoms with Gasteiger partial charge in [-0.2, -0.15) is 0 Å². The molecule has 0 saturated carbocycles. The monoisotopic (exact) mass is 373 g/mol. The molecule has 0 aliphatic carbocycles. The van der Waals surface area contributed by atoms with Crippen molar-refractivity contribution in [3.05, 3.63) is 64.1 Å². The Morgan fingerprint density at radius 2 is 1.80 bits per heavy atom. The van der Waals surface area contributed by atoms with Gasteiger partial charge < -0.3 is 14.7 Å². The molecule has 0 unspecified atom stereocenters. The summed E-state index contributed by atoms with van der Waals surface area (Å²) in [6.45, 7) is 0.812. The number of aromatic hydroxyl groups is 1. The van der Waals surface area contributed by atoms with Crippen molar-refractivity contribution < 1.29 is 14.6 Å². The van der Waals surface area contributed by atoms with Crippen LogP contribution < -0.4 is 9.64 Å². The lowest BCUT2D eigenvalue weighted by Gasteiger charge is -2.31. The lowest BCUT2D eigenvalue weighted by Crippen LogP contribution is -2.38. The average molecular weight is 374 g/mol. The number of hydrogen-bond acceptors (Lipinski definition) is 3. The second-order valence-corrected chi connectivity index (χ2v) is 6.54. The Bertz CT molecular complexity index is 980. The van der Waals surface area contributed by atoms with Crippen LogP contribution in [0.3, 0.4) is 0 Å². The number of phenolic OH excluding ortho intramolecular Hbond substituents is 1. The van der Waals surface area contributed by atoms with E-state index in [9.17, 15) is 9.90 Å². The number of carbonyl (C=O) groups is 1. The molecule has 25 heavy (non-hydrogen) atoms. The van der Waals surface area contributed by atoms with E-state index in [1.54, 1.807) is 4.90 Å². The molecular weight excluding hydrogens is 361 g/mol. The van der Waals surface area contributed by atoms with Gasteiger partial charge in [-0.05, 0) is 23.6 Å². The topological polar surface area (TPSA) is 49.8 Å². The van der Waals surface area contributed by atoms with Gasteiger partial charge in [-0.25, -0.2) is 0 Å². The molecule has 1 amide bonds. The molecule has 0 spiro atoms. The summed E-state index contributed by atoms with van der Waals surface area (Å²) < 4.78 is 5.73. The summed E-state index contributed by atoms with van der Waals surface area (Å²) in [5.41, 5.74) is 1.04. The first-order valence-corrected chi connectivity index (χ1v) is 8.46. The smallest absolute Gasteiger partial charge is 0.258 e. The normalized spacial score (nSPS) is 13.4. The van der Waals surface area contributed by atoms with Crippen LogP contribution >= 0.6 is 23.2 Å². The summed E-state index contributed by atoms with van der Waals surface area (Å²) in [6.07, 6.45) is 0. The van der Waals surface area contributed by atoms with E-state index in [1.165, 1.54) is 12.1 Å². The SMILES string of the molecule is O=C(c1cc(Cl)c(O)c(Cl)c1)N1CCOc2ccc3ccccc3c21. The highest BCUT2D eigenvalue weighted by Crippen LogP contribution is 2.40. The second-order valence-electron chi connectivity index (χ2n) is 5.73. The van der Waals surface area contributed by atoms with Gasteiger partial charge in [-0.15, -0.1) is 0 Å². The van der Waals surface area contributed by atoms with E-state index in [2.05, 4.69) is 0 Å². The molecule has 0 atom stereocenters. The van der Waals surface area contributed by atoms with Crippen LogP contribution in [0.4, 0.5) is 5.69 Å². The Hall–Kier alpha value is -2.43. The Balaban J connectivity index is 1.86. The van der Waals surface area contributed by atoms with Gasteiger partial charge in [0.05, 0.1) is 22.3 Å². The van der Waals surface area contributed by atoms with Crippen LogP contribution in [-0.2, 0) is 0 Å². The van der Waals surface area contributed by atoms with E-state index < -0.39 is 0 Å². The zero-order valence-corrected chi connectivity index (χ0v) is 14.5. The largest absolute Gasteiger partial charge is 0.505 e. The summed E-state index contributed by atoms with van der Waals surface area (Å²) in [4.78, 5) is 14.8. The van der Waals surface area contributed by atoms with Gasteiger partial charge >= 0.3 is 0 Å². The highest BCUT2D eigenvalue weighted by Gasteiger charge is 2.27. The molecule has 3 aromatic carbocycles. The number of carbonyl (C=O) groups excluding carboxylic acids is 1. The second kappa shape index (κ2) is 6.14. The summed E-state index contributed by atoms with van der Waals surface area (Å²) in [5.74, 6) is 0.187. The third-order valence-electron chi connectivity index (χ3n) is 4.21. The minimum atomic E-state index is -0.246. The molecule has 6 heteroatoms. The molecule has 0 aromatic heterocycles. The molecule has 0 bridgehead atoms. The van der Waals surface area contributed by atoms with E-state index in [4.69, 9.17) is 27.9 Å². The molecule has 1 aliphatic heterocycles. The summed E-state index contributed by atoms with van der Waals surface area (Å²) in [7, 11) is 0. The molecule has 0 saturated heterocycles. The third-order valence-corrected chi connectivity index (χ3v) is 4.79. The van der Waals surface area contributed by atoms with Crippen molar-refractivity contribution in [1.82, 2.24) is 0 Å². The molecule has 1 N–H and O–H groups in total. The van der Waals surface area contributed by atoms with Crippen molar-refractivity contribution in [2.75, 3.05) is 18.1 Å². The van der Waals surface area contributed by atoms with Crippen LogP contribution in [0.25, 0.3) is 10.8 Å². The number of phenols is 1. The van der Waals surface area contributed by atoms with Crippen molar-refractivity contribution in [2.24, 2.45) is 0 Å². The number of hydrogen-bond donors (Lipinski definition) is 1. The first-order valence-electron chi connectivity index (χ1n) is 7.70. The molecule has 4 rings (SSSR count). The van der Waals surface area contributed by atoms with Crippen LogP contribution in [0.15, 0.2) is 48.5 Å². The first kappa shape index (κ1) is 16.1. The number of ether oxygens (including phenoxy) is 1. The Morgan fingerprint density at radius 1 is 1.08 bits per heavy atom. The van der Waals surface area contributed by atoms with Crippen LogP contribution in [-0.4, -0.2) is 24.2 Å². The van der Waals surface area contributed by atoms with Crippen molar-refractivity contribution >= 4 is 45.6 Å². The van der Waals surface area contributed by atoms with Crippen LogP contribution in [0, 0.1) is 0 Å². The highest BCUT2D eigenvalue weighted by molar-refractivity contribution is 6.37. The molecule has 0 radical (unpaired) electrons. The van der Waals surface area contributed by atoms with E-state index >= 15 is 0 Å². The van der Waals surface area contributed by atoms with Crippen LogP contribution in [0.5, 0.6) is 11.5 Å². The molecule has 4 nitrogen and oxygen atoms in total. The Labute approximate surface area is 154 Å². The van der Waals surface area contributed by atoms with Crippen molar-refractivity contribution in [2.45, 2.75) is 0 Å². The molecule has 0 fully saturated rings. The minimum Gasteiger partial charge on any atom is -0.505 e. The van der Waals surface area contributed by atoms with Crippen LogP contribution in [0.1, 0.15) is 10.4 Å². The Kier molecular flexibility index (Phi) is 3.94. The van der Waals surface area contributed by atoms with Crippen LogP contribution in [0.2, 0.25) is 10.0 Å². The number of halogens is 2. The van der Waals surface area contributed by atoms with Gasteiger partial charge in [-0.3, -0.25) is 4.79 Å². The number of anilines is 1. The zero-order chi connectivity index (χ0) is 17.6. The fourth-order valence-electron chi connectivity index (χ4n) is 3.04. The molecule has 1 aliphatic rings. The van der Waals surface area contributed by atoms with Gasteiger partial charge in [0.1, 0.15) is 12.4 Å². The predicted molar refractivity (Wildman–Crippen MR) is 99.2 cm³/mol. The number of nitrogens with zero attached hydrogens (tertiary/aromatic N) is 1. The lowest BCUT2D eigenvalue weighted by molar-refractivity contribution is 0.0977. The van der Waals surface area contributed by atoms with Gasteiger partial charge in [0.2, 0.25) is 0 Å². The summed E-state index contributed by atoms with van der Waals surface area (Å²) in [6, 6.07) is 14.5. The van der Waals surface area contributed by atoms with Gasteiger partial charge in [0.25, 0.3) is 5.91 Å². The highest BCUT2D eigenvalue weighted by atomic mass is 35.5. The number of amides is 1.